The maximum Gasteiger partial charge on any atom is 0.106 e. The van der Waals surface area contributed by atoms with Crippen LogP contribution in [0.25, 0.3) is 0 Å². The van der Waals surface area contributed by atoms with Crippen molar-refractivity contribution in [3.63, 3.8) is 0 Å². The number of nitrogens with zero attached hydrogens (tertiary/aromatic N) is 3. The van der Waals surface area contributed by atoms with Crippen molar-refractivity contribution >= 4 is 0 Å². The van der Waals surface area contributed by atoms with Crippen LogP contribution in [0.4, 0.5) is 0 Å². The van der Waals surface area contributed by atoms with Crippen molar-refractivity contribution in [1.82, 2.24) is 0 Å². The van der Waals surface area contributed by atoms with Crippen molar-refractivity contribution < 1.29 is 27.7 Å². The Morgan fingerprint density at radius 1 is 0.333 bits per heavy atom. The van der Waals surface area contributed by atoms with Crippen LogP contribution in [0, 0.1) is 0 Å². The van der Waals surface area contributed by atoms with Crippen LogP contribution < -0.4 is 0 Å². The predicted molar refractivity (Wildman–Crippen MR) is 111 cm³/mol. The van der Waals surface area contributed by atoms with E-state index in [1.165, 1.54) is 92.0 Å². The van der Waals surface area contributed by atoms with Crippen LogP contribution in [0.1, 0.15) is 33.4 Å². The van der Waals surface area contributed by atoms with E-state index < -0.39 is 0 Å². The molecule has 6 aliphatic rings. The number of hydrogen-bond donors (Lipinski definition) is 0. The molecule has 6 aliphatic heterocycles. The average molecular weight is 415 g/mol. The van der Waals surface area contributed by atoms with Gasteiger partial charge in [-0.1, -0.05) is 0 Å². The van der Waals surface area contributed by atoms with Crippen LogP contribution in [-0.4, -0.2) is 92.4 Å². The molecule has 0 aromatic heterocycles. The Morgan fingerprint density at radius 3 is 0.733 bits per heavy atom. The van der Waals surface area contributed by atoms with Gasteiger partial charge in [0.25, 0.3) is 0 Å². The van der Waals surface area contributed by atoms with Crippen molar-refractivity contribution in [3.8, 4) is 0 Å². The summed E-state index contributed by atoms with van der Waals surface area (Å²) in [6.07, 6.45) is 0. The zero-order valence-corrected chi connectivity index (χ0v) is 18.3. The molecule has 6 heterocycles. The Morgan fingerprint density at radius 2 is 0.533 bits per heavy atom. The maximum atomic E-state index is 5.77. The molecule has 7 rings (SSSR count). The van der Waals surface area contributed by atoms with Crippen LogP contribution in [0.3, 0.4) is 0 Å². The lowest BCUT2D eigenvalue weighted by Crippen LogP contribution is -2.51. The number of ether oxygens (including phenoxy) is 3. The van der Waals surface area contributed by atoms with Crippen molar-refractivity contribution in [3.05, 3.63) is 33.4 Å². The van der Waals surface area contributed by atoms with Gasteiger partial charge in [-0.2, -0.15) is 0 Å². The Hall–Kier alpha value is -1.02. The van der Waals surface area contributed by atoms with E-state index in [9.17, 15) is 0 Å². The molecule has 0 atom stereocenters. The van der Waals surface area contributed by atoms with Gasteiger partial charge in [0.1, 0.15) is 78.5 Å². The minimum atomic E-state index is 0.938. The summed E-state index contributed by atoms with van der Waals surface area (Å²) in [5.74, 6) is 0. The van der Waals surface area contributed by atoms with Crippen molar-refractivity contribution in [2.24, 2.45) is 0 Å². The minimum absolute atomic E-state index is 0.938. The lowest BCUT2D eigenvalue weighted by Gasteiger charge is -2.38. The topological polar surface area (TPSA) is 27.7 Å². The van der Waals surface area contributed by atoms with Gasteiger partial charge in [-0.15, -0.1) is 0 Å². The van der Waals surface area contributed by atoms with Gasteiger partial charge in [-0.05, 0) is 0 Å². The molecule has 1 aromatic carbocycles. The van der Waals surface area contributed by atoms with Gasteiger partial charge in [-0.25, -0.2) is 0 Å². The fourth-order valence-electron chi connectivity index (χ4n) is 7.56. The Bertz CT molecular complexity index is 695. The normalized spacial score (nSPS) is 30.0. The van der Waals surface area contributed by atoms with Gasteiger partial charge in [0.15, 0.2) is 0 Å². The third-order valence-corrected chi connectivity index (χ3v) is 9.41. The molecule has 6 nitrogen and oxygen atoms in total. The number of quaternary nitrogens is 3. The molecule has 30 heavy (non-hydrogen) atoms. The maximum absolute atomic E-state index is 5.77. The predicted octanol–water partition coefficient (Wildman–Crippen LogP) is 1.27. The summed E-state index contributed by atoms with van der Waals surface area (Å²) in [5.41, 5.74) is 10.6. The standard InChI is InChI=1S/C24H36N3O3/c1-7-28-8-2-25(1)13-19-20(14-25)22-16-27(5-11-30-12-6-27)18-24(22)23-17-26(15-21(19)23)3-9-29-10-4-26/h1-18H2/q+3. The highest BCUT2D eigenvalue weighted by Crippen LogP contribution is 2.48. The third kappa shape index (κ3) is 2.64. The number of fused-ring (bicyclic) bond motifs is 6. The first-order valence-corrected chi connectivity index (χ1v) is 12.1. The highest BCUT2D eigenvalue weighted by atomic mass is 16.5. The molecule has 0 aliphatic carbocycles. The Kier molecular flexibility index (Phi) is 4.02. The van der Waals surface area contributed by atoms with Gasteiger partial charge < -0.3 is 27.7 Å². The van der Waals surface area contributed by atoms with Gasteiger partial charge in [0.2, 0.25) is 0 Å². The molecular formula is C24H36N3O3+3. The van der Waals surface area contributed by atoms with E-state index >= 15 is 0 Å². The van der Waals surface area contributed by atoms with E-state index in [1.807, 2.05) is 0 Å². The van der Waals surface area contributed by atoms with E-state index in [2.05, 4.69) is 0 Å². The van der Waals surface area contributed by atoms with E-state index in [1.54, 1.807) is 33.4 Å². The van der Waals surface area contributed by atoms with Gasteiger partial charge >= 0.3 is 0 Å². The molecule has 162 valence electrons. The summed E-state index contributed by atoms with van der Waals surface area (Å²) in [4.78, 5) is 0. The molecule has 3 fully saturated rings. The smallest absolute Gasteiger partial charge is 0.106 e. The fraction of sp³-hybridized carbons (Fsp3) is 0.750. The summed E-state index contributed by atoms with van der Waals surface area (Å²) in [7, 11) is 0. The SMILES string of the molecule is C1C[N+]2(CCO1)Cc1c3c(c4c(c1C2)C[N+]1(CCOCC1)C4)C[N+]1(CCOCC1)C3. The fourth-order valence-corrected chi connectivity index (χ4v) is 7.56. The molecule has 3 spiro atoms. The zero-order valence-electron chi connectivity index (χ0n) is 18.3. The molecule has 0 bridgehead atoms. The van der Waals surface area contributed by atoms with Crippen LogP contribution in [0.2, 0.25) is 0 Å². The number of rotatable bonds is 0. The molecule has 0 N–H and O–H groups in total. The number of morpholine rings is 3. The van der Waals surface area contributed by atoms with Crippen LogP contribution in [0.15, 0.2) is 0 Å². The molecule has 6 heteroatoms. The molecule has 1 aromatic rings. The van der Waals surface area contributed by atoms with Crippen molar-refractivity contribution in [2.75, 3.05) is 78.9 Å². The minimum Gasteiger partial charge on any atom is -0.370 e. The van der Waals surface area contributed by atoms with E-state index in [-0.39, 0.29) is 0 Å². The molecule has 3 saturated heterocycles. The highest BCUT2D eigenvalue weighted by Gasteiger charge is 2.51. The summed E-state index contributed by atoms with van der Waals surface area (Å²) in [5, 5.41) is 0. The van der Waals surface area contributed by atoms with E-state index in [0.29, 0.717) is 0 Å². The second-order valence-corrected chi connectivity index (χ2v) is 11.0. The second-order valence-electron chi connectivity index (χ2n) is 11.0. The lowest BCUT2D eigenvalue weighted by atomic mass is 9.90. The third-order valence-electron chi connectivity index (χ3n) is 9.41. The first kappa shape index (κ1) is 18.5. The van der Waals surface area contributed by atoms with E-state index in [0.717, 1.165) is 39.6 Å². The highest BCUT2D eigenvalue weighted by molar-refractivity contribution is 5.54. The van der Waals surface area contributed by atoms with Crippen LogP contribution in [-0.2, 0) is 53.5 Å². The largest absolute Gasteiger partial charge is 0.370 e. The molecule has 0 saturated carbocycles. The van der Waals surface area contributed by atoms with Crippen molar-refractivity contribution in [1.29, 1.82) is 0 Å². The summed E-state index contributed by atoms with van der Waals surface area (Å²) < 4.78 is 21.1. The lowest BCUT2D eigenvalue weighted by molar-refractivity contribution is -0.955. The van der Waals surface area contributed by atoms with Crippen molar-refractivity contribution in [2.45, 2.75) is 39.3 Å². The molecular weight excluding hydrogens is 378 g/mol. The average Bonchev–Trinajstić information content (AvgIpc) is 3.43. The molecule has 0 radical (unpaired) electrons. The second kappa shape index (κ2) is 6.50. The van der Waals surface area contributed by atoms with Gasteiger partial charge in [-0.3, -0.25) is 0 Å². The quantitative estimate of drug-likeness (QED) is 0.599. The molecule has 0 unspecified atom stereocenters. The van der Waals surface area contributed by atoms with E-state index in [4.69, 9.17) is 14.2 Å². The Balaban J connectivity index is 1.34. The zero-order chi connectivity index (χ0) is 19.8. The van der Waals surface area contributed by atoms with Crippen LogP contribution >= 0.6 is 0 Å². The summed E-state index contributed by atoms with van der Waals surface area (Å²) >= 11 is 0. The number of hydrogen-bond acceptors (Lipinski definition) is 3. The van der Waals surface area contributed by atoms with Crippen LogP contribution in [0.5, 0.6) is 0 Å². The van der Waals surface area contributed by atoms with Gasteiger partial charge in [0, 0.05) is 33.4 Å². The summed E-state index contributed by atoms with van der Waals surface area (Å²) in [6.45, 7) is 20.3. The van der Waals surface area contributed by atoms with Gasteiger partial charge in [0.05, 0.1) is 39.6 Å². The first-order valence-electron chi connectivity index (χ1n) is 12.1. The Labute approximate surface area is 179 Å². The molecule has 0 amide bonds. The first-order chi connectivity index (χ1) is 14.7. The monoisotopic (exact) mass is 414 g/mol. The summed E-state index contributed by atoms with van der Waals surface area (Å²) in [6, 6.07) is 0. The number of benzene rings is 1.